The van der Waals surface area contributed by atoms with Gasteiger partial charge in [0.25, 0.3) is 0 Å². The van der Waals surface area contributed by atoms with E-state index in [2.05, 4.69) is 10.3 Å². The largest absolute Gasteiger partial charge is 0.465 e. The number of rotatable bonds is 8. The molecule has 4 rings (SSSR count). The Morgan fingerprint density at radius 2 is 1.81 bits per heavy atom. The van der Waals surface area contributed by atoms with Crippen molar-refractivity contribution < 1.29 is 53.0 Å². The molecule has 2 aliphatic heterocycles. The number of aliphatic hydroxyl groups excluding tert-OH is 3. The van der Waals surface area contributed by atoms with Crippen molar-refractivity contribution in [1.29, 1.82) is 0 Å². The Morgan fingerprint density at radius 3 is 2.36 bits per heavy atom. The number of aliphatic hydroxyl groups is 4. The van der Waals surface area contributed by atoms with Crippen molar-refractivity contribution in [2.24, 2.45) is 0 Å². The molecule has 2 amide bonds. The van der Waals surface area contributed by atoms with Crippen LogP contribution in [0.25, 0.3) is 11.3 Å². The molecule has 0 aliphatic carbocycles. The summed E-state index contributed by atoms with van der Waals surface area (Å²) in [6.07, 6.45) is -4.61. The van der Waals surface area contributed by atoms with Crippen molar-refractivity contribution in [3.63, 3.8) is 0 Å². The van der Waals surface area contributed by atoms with Gasteiger partial charge in [0.2, 0.25) is 5.91 Å². The highest BCUT2D eigenvalue weighted by Crippen LogP contribution is 2.42. The molecule has 232 valence electrons. The summed E-state index contributed by atoms with van der Waals surface area (Å²) in [6.45, 7) is 1.23. The molecule has 42 heavy (non-hydrogen) atoms. The minimum absolute atomic E-state index is 0.0347. The number of ether oxygens (including phenoxy) is 1. The number of aromatic nitrogens is 3. The first-order valence-corrected chi connectivity index (χ1v) is 14.1. The lowest BCUT2D eigenvalue weighted by Gasteiger charge is -2.46. The van der Waals surface area contributed by atoms with E-state index in [4.69, 9.17) is 4.74 Å². The van der Waals surface area contributed by atoms with Gasteiger partial charge in [-0.25, -0.2) is 22.6 Å². The fraction of sp³-hybridized carbons (Fsp3) is 0.600. The van der Waals surface area contributed by atoms with Crippen LogP contribution in [0.1, 0.15) is 25.8 Å². The summed E-state index contributed by atoms with van der Waals surface area (Å²) in [7, 11) is 1.52. The number of thioether (sulfide) groups is 1. The molecule has 1 aromatic carbocycles. The molecular formula is C25H32F3N5O8S. The Hall–Kier alpha value is -2.96. The highest BCUT2D eigenvalue weighted by Gasteiger charge is 2.52. The number of likely N-dealkylation sites (tertiary alicyclic amines) is 1. The van der Waals surface area contributed by atoms with Gasteiger partial charge in [0.15, 0.2) is 17.5 Å². The third-order valence-electron chi connectivity index (χ3n) is 7.68. The number of carboxylic acid groups (broad SMARTS) is 1. The van der Waals surface area contributed by atoms with Crippen LogP contribution in [0.15, 0.2) is 18.3 Å². The molecule has 17 heteroatoms. The number of nitrogens with zero attached hydrogens (tertiary/aromatic N) is 5. The molecule has 2 aliphatic rings. The number of amides is 2. The molecule has 0 radical (unpaired) electrons. The average molecular weight is 620 g/mol. The van der Waals surface area contributed by atoms with E-state index in [0.29, 0.717) is 12.1 Å². The second-order valence-electron chi connectivity index (χ2n) is 10.3. The molecule has 1 aromatic heterocycles. The average Bonchev–Trinajstić information content (AvgIpc) is 3.44. The SMILES string of the molecule is CCN(C)C(=O)[C@@H](S[C@@H]1O[C@H](CO)[C@H](O)[C@H](n2cc(-c3cc(F)c(F)c(F)c3)nn2)[C@H]1O)C1(O)CCN(C(=O)O)CC1. The summed E-state index contributed by atoms with van der Waals surface area (Å²) in [5, 5.41) is 59.5. The molecule has 0 unspecified atom stereocenters. The van der Waals surface area contributed by atoms with E-state index < -0.39 is 76.7 Å². The molecule has 5 N–H and O–H groups in total. The normalized spacial score (nSPS) is 26.6. The number of halogens is 3. The zero-order chi connectivity index (χ0) is 30.9. The molecule has 13 nitrogen and oxygen atoms in total. The molecular weight excluding hydrogens is 587 g/mol. The molecule has 3 heterocycles. The minimum atomic E-state index is -1.68. The lowest BCUT2D eigenvalue weighted by Crippen LogP contribution is -2.59. The predicted molar refractivity (Wildman–Crippen MR) is 141 cm³/mol. The first-order valence-electron chi connectivity index (χ1n) is 13.1. The van der Waals surface area contributed by atoms with E-state index in [1.165, 1.54) is 11.9 Å². The number of piperidine rings is 1. The van der Waals surface area contributed by atoms with Crippen LogP contribution >= 0.6 is 11.8 Å². The Kier molecular flexibility index (Phi) is 9.68. The van der Waals surface area contributed by atoms with E-state index in [1.807, 2.05) is 0 Å². The van der Waals surface area contributed by atoms with Crippen molar-refractivity contribution in [2.75, 3.05) is 33.3 Å². The van der Waals surface area contributed by atoms with Crippen LogP contribution in [0.3, 0.4) is 0 Å². The van der Waals surface area contributed by atoms with Crippen molar-refractivity contribution in [2.45, 2.75) is 60.4 Å². The van der Waals surface area contributed by atoms with E-state index in [9.17, 15) is 48.3 Å². The quantitative estimate of drug-likeness (QED) is 0.259. The van der Waals surface area contributed by atoms with Gasteiger partial charge in [-0.05, 0) is 31.9 Å². The van der Waals surface area contributed by atoms with Gasteiger partial charge >= 0.3 is 6.09 Å². The molecule has 2 aromatic rings. The molecule has 0 bridgehead atoms. The van der Waals surface area contributed by atoms with Gasteiger partial charge in [0.1, 0.15) is 40.7 Å². The van der Waals surface area contributed by atoms with Crippen LogP contribution in [-0.2, 0) is 9.53 Å². The predicted octanol–water partition coefficient (Wildman–Crippen LogP) is 0.427. The Balaban J connectivity index is 1.64. The van der Waals surface area contributed by atoms with Gasteiger partial charge in [-0.1, -0.05) is 5.21 Å². The number of hydrogen-bond acceptors (Lipinski definition) is 10. The van der Waals surface area contributed by atoms with Crippen LogP contribution in [0.2, 0.25) is 0 Å². The first kappa shape index (κ1) is 32.0. The Bertz CT molecular complexity index is 1270. The third kappa shape index (κ3) is 6.21. The van der Waals surface area contributed by atoms with Crippen LogP contribution in [0.4, 0.5) is 18.0 Å². The number of hydrogen-bond donors (Lipinski definition) is 5. The fourth-order valence-electron chi connectivity index (χ4n) is 5.00. The van der Waals surface area contributed by atoms with Gasteiger partial charge in [-0.2, -0.15) is 0 Å². The van der Waals surface area contributed by atoms with Crippen molar-refractivity contribution in [3.05, 3.63) is 35.8 Å². The molecule has 6 atom stereocenters. The van der Waals surface area contributed by atoms with E-state index in [0.717, 1.165) is 27.5 Å². The van der Waals surface area contributed by atoms with Crippen LogP contribution in [0, 0.1) is 17.5 Å². The van der Waals surface area contributed by atoms with Crippen LogP contribution < -0.4 is 0 Å². The topological polar surface area (TPSA) is 182 Å². The van der Waals surface area contributed by atoms with E-state index in [1.54, 1.807) is 6.92 Å². The van der Waals surface area contributed by atoms with Crippen LogP contribution in [-0.4, -0.2) is 130 Å². The van der Waals surface area contributed by atoms with Crippen molar-refractivity contribution >= 4 is 23.8 Å². The summed E-state index contributed by atoms with van der Waals surface area (Å²) in [6, 6.07) is 0.0680. The summed E-state index contributed by atoms with van der Waals surface area (Å²) < 4.78 is 47.8. The van der Waals surface area contributed by atoms with Gasteiger partial charge in [-0.15, -0.1) is 16.9 Å². The van der Waals surface area contributed by atoms with Crippen molar-refractivity contribution in [1.82, 2.24) is 24.8 Å². The second-order valence-corrected chi connectivity index (χ2v) is 11.5. The highest BCUT2D eigenvalue weighted by molar-refractivity contribution is 8.01. The highest BCUT2D eigenvalue weighted by atomic mass is 32.2. The fourth-order valence-corrected chi connectivity index (χ4v) is 6.59. The number of carbonyl (C=O) groups excluding carboxylic acids is 1. The van der Waals surface area contributed by atoms with Gasteiger partial charge < -0.3 is 40.1 Å². The molecule has 2 fully saturated rings. The number of benzene rings is 1. The lowest BCUT2D eigenvalue weighted by molar-refractivity contribution is -0.179. The lowest BCUT2D eigenvalue weighted by atomic mass is 9.87. The summed E-state index contributed by atoms with van der Waals surface area (Å²) in [5.74, 6) is -5.08. The monoisotopic (exact) mass is 619 g/mol. The molecule has 0 saturated carbocycles. The maximum atomic E-state index is 13.8. The standard InChI is InChI=1S/C25H32F3N5O8S/c1-3-31(2)22(37)21(25(40)4-6-32(7-5-25)24(38)39)42-23-20(36)18(19(35)16(11-34)41-23)33-10-15(29-30-33)12-8-13(26)17(28)14(27)9-12/h8-10,16,18-21,23,34-36,40H,3-7,11H2,1-2H3,(H,38,39)/t16-,18+,19+,20-,21-,23+/m1/s1. The second kappa shape index (κ2) is 12.7. The third-order valence-corrected chi connectivity index (χ3v) is 9.25. The van der Waals surface area contributed by atoms with Gasteiger partial charge in [-0.3, -0.25) is 4.79 Å². The molecule has 0 spiro atoms. The smallest absolute Gasteiger partial charge is 0.407 e. The zero-order valence-electron chi connectivity index (χ0n) is 22.7. The van der Waals surface area contributed by atoms with E-state index in [-0.39, 0.29) is 43.7 Å². The summed E-state index contributed by atoms with van der Waals surface area (Å²) >= 11 is 0.765. The minimum Gasteiger partial charge on any atom is -0.465 e. The summed E-state index contributed by atoms with van der Waals surface area (Å²) in [5.41, 5.74) is -3.27. The Labute approximate surface area is 242 Å². The van der Waals surface area contributed by atoms with Gasteiger partial charge in [0, 0.05) is 32.2 Å². The first-order chi connectivity index (χ1) is 19.8. The summed E-state index contributed by atoms with van der Waals surface area (Å²) in [4.78, 5) is 27.3. The van der Waals surface area contributed by atoms with Crippen molar-refractivity contribution in [3.8, 4) is 11.3 Å². The maximum Gasteiger partial charge on any atom is 0.407 e. The van der Waals surface area contributed by atoms with Gasteiger partial charge in [0.05, 0.1) is 18.4 Å². The zero-order valence-corrected chi connectivity index (χ0v) is 23.5. The van der Waals surface area contributed by atoms with E-state index >= 15 is 0 Å². The Morgan fingerprint density at radius 1 is 1.19 bits per heavy atom. The van der Waals surface area contributed by atoms with Crippen LogP contribution in [0.5, 0.6) is 0 Å². The number of carbonyl (C=O) groups is 2. The molecule has 2 saturated heterocycles. The maximum absolute atomic E-state index is 13.8.